The standard InChI is InChI=1S/C22H26N2O4/c1-3-5-11-24-19-13-17(9-10-20(19)28-15-22(24)26)23-21(25)14-27-18-8-6-7-16(4-2)12-18/h6-10,12-13H,3-5,11,14-15H2,1-2H3,(H,23,25). The number of nitrogens with one attached hydrogen (secondary N) is 1. The first-order chi connectivity index (χ1) is 13.6. The van der Waals surface area contributed by atoms with Crippen LogP contribution in [0.2, 0.25) is 0 Å². The molecule has 1 heterocycles. The fourth-order valence-corrected chi connectivity index (χ4v) is 3.04. The maximum Gasteiger partial charge on any atom is 0.265 e. The van der Waals surface area contributed by atoms with Crippen LogP contribution in [0.25, 0.3) is 0 Å². The average molecular weight is 382 g/mol. The Labute approximate surface area is 165 Å². The van der Waals surface area contributed by atoms with E-state index in [4.69, 9.17) is 9.47 Å². The molecule has 0 unspecified atom stereocenters. The second-order valence-corrected chi connectivity index (χ2v) is 6.71. The molecule has 2 aromatic rings. The van der Waals surface area contributed by atoms with Crippen molar-refractivity contribution in [1.29, 1.82) is 0 Å². The highest BCUT2D eigenvalue weighted by atomic mass is 16.5. The number of carbonyl (C=O) groups excluding carboxylic acids is 2. The van der Waals surface area contributed by atoms with Crippen LogP contribution in [0.3, 0.4) is 0 Å². The van der Waals surface area contributed by atoms with Crippen molar-refractivity contribution in [3.8, 4) is 11.5 Å². The molecule has 0 spiro atoms. The number of ether oxygens (including phenoxy) is 2. The van der Waals surface area contributed by atoms with Gasteiger partial charge in [-0.1, -0.05) is 32.4 Å². The Bertz CT molecular complexity index is 850. The highest BCUT2D eigenvalue weighted by Crippen LogP contribution is 2.34. The summed E-state index contributed by atoms with van der Waals surface area (Å²) in [5.74, 6) is 1.000. The van der Waals surface area contributed by atoms with Crippen molar-refractivity contribution in [2.45, 2.75) is 33.1 Å². The predicted octanol–water partition coefficient (Wildman–Crippen LogP) is 3.79. The molecule has 148 valence electrons. The van der Waals surface area contributed by atoms with Gasteiger partial charge in [0.15, 0.2) is 13.2 Å². The molecule has 2 aromatic carbocycles. The summed E-state index contributed by atoms with van der Waals surface area (Å²) in [5, 5.41) is 2.82. The molecule has 0 atom stereocenters. The highest BCUT2D eigenvalue weighted by molar-refractivity contribution is 5.99. The van der Waals surface area contributed by atoms with E-state index in [1.807, 2.05) is 24.3 Å². The van der Waals surface area contributed by atoms with Gasteiger partial charge in [0.05, 0.1) is 5.69 Å². The van der Waals surface area contributed by atoms with Gasteiger partial charge in [-0.15, -0.1) is 0 Å². The van der Waals surface area contributed by atoms with Crippen molar-refractivity contribution in [3.05, 3.63) is 48.0 Å². The quantitative estimate of drug-likeness (QED) is 0.754. The lowest BCUT2D eigenvalue weighted by molar-refractivity contribution is -0.121. The maximum atomic E-state index is 12.3. The van der Waals surface area contributed by atoms with Gasteiger partial charge in [0.1, 0.15) is 11.5 Å². The van der Waals surface area contributed by atoms with Gasteiger partial charge < -0.3 is 19.7 Å². The molecule has 1 aliphatic heterocycles. The van der Waals surface area contributed by atoms with Crippen LogP contribution in [-0.4, -0.2) is 31.6 Å². The zero-order valence-electron chi connectivity index (χ0n) is 16.4. The van der Waals surface area contributed by atoms with Crippen molar-refractivity contribution in [1.82, 2.24) is 0 Å². The van der Waals surface area contributed by atoms with Crippen LogP contribution in [0.4, 0.5) is 11.4 Å². The number of rotatable bonds is 8. The van der Waals surface area contributed by atoms with E-state index in [-0.39, 0.29) is 25.0 Å². The summed E-state index contributed by atoms with van der Waals surface area (Å²) in [6, 6.07) is 13.0. The van der Waals surface area contributed by atoms with Gasteiger partial charge in [0, 0.05) is 12.2 Å². The van der Waals surface area contributed by atoms with Crippen LogP contribution >= 0.6 is 0 Å². The van der Waals surface area contributed by atoms with Crippen LogP contribution in [0.1, 0.15) is 32.3 Å². The molecular formula is C22H26N2O4. The van der Waals surface area contributed by atoms with Gasteiger partial charge >= 0.3 is 0 Å². The minimum Gasteiger partial charge on any atom is -0.484 e. The van der Waals surface area contributed by atoms with Gasteiger partial charge in [0.2, 0.25) is 0 Å². The summed E-state index contributed by atoms with van der Waals surface area (Å²) >= 11 is 0. The van der Waals surface area contributed by atoms with Gasteiger partial charge in [0.25, 0.3) is 11.8 Å². The Hall–Kier alpha value is -3.02. The number of anilines is 2. The molecule has 0 aromatic heterocycles. The molecule has 0 saturated carbocycles. The SMILES string of the molecule is CCCCN1C(=O)COc2ccc(NC(=O)COc3cccc(CC)c3)cc21. The first-order valence-corrected chi connectivity index (χ1v) is 9.69. The first-order valence-electron chi connectivity index (χ1n) is 9.69. The summed E-state index contributed by atoms with van der Waals surface area (Å²) in [7, 11) is 0. The normalized spacial score (nSPS) is 12.9. The summed E-state index contributed by atoms with van der Waals surface area (Å²) in [6.07, 6.45) is 2.81. The molecule has 2 amide bonds. The van der Waals surface area contributed by atoms with E-state index >= 15 is 0 Å². The zero-order chi connectivity index (χ0) is 19.9. The second-order valence-electron chi connectivity index (χ2n) is 6.71. The maximum absolute atomic E-state index is 12.3. The number of amides is 2. The number of nitrogens with zero attached hydrogens (tertiary/aromatic N) is 1. The zero-order valence-corrected chi connectivity index (χ0v) is 16.4. The summed E-state index contributed by atoms with van der Waals surface area (Å²) in [4.78, 5) is 26.2. The summed E-state index contributed by atoms with van der Waals surface area (Å²) < 4.78 is 11.1. The van der Waals surface area contributed by atoms with Crippen molar-refractivity contribution < 1.29 is 19.1 Å². The van der Waals surface area contributed by atoms with Crippen LogP contribution in [0.5, 0.6) is 11.5 Å². The largest absolute Gasteiger partial charge is 0.484 e. The van der Waals surface area contributed by atoms with Gasteiger partial charge in [-0.3, -0.25) is 9.59 Å². The van der Waals surface area contributed by atoms with E-state index in [0.717, 1.165) is 24.8 Å². The fraction of sp³-hybridized carbons (Fsp3) is 0.364. The Balaban J connectivity index is 1.64. The van der Waals surface area contributed by atoms with Gasteiger partial charge in [-0.05, 0) is 48.7 Å². The van der Waals surface area contributed by atoms with Gasteiger partial charge in [-0.25, -0.2) is 0 Å². The lowest BCUT2D eigenvalue weighted by atomic mass is 10.2. The Morgan fingerprint density at radius 1 is 1.21 bits per heavy atom. The number of unbranched alkanes of at least 4 members (excludes halogenated alkanes) is 1. The predicted molar refractivity (Wildman–Crippen MR) is 109 cm³/mol. The first kappa shape index (κ1) is 19.7. The van der Waals surface area contributed by atoms with Crippen LogP contribution in [-0.2, 0) is 16.0 Å². The molecule has 0 bridgehead atoms. The van der Waals surface area contributed by atoms with E-state index in [2.05, 4.69) is 19.2 Å². The Kier molecular flexibility index (Phi) is 6.53. The Morgan fingerprint density at radius 3 is 2.86 bits per heavy atom. The van der Waals surface area contributed by atoms with E-state index < -0.39 is 0 Å². The third kappa shape index (κ3) is 4.82. The molecule has 0 radical (unpaired) electrons. The fourth-order valence-electron chi connectivity index (χ4n) is 3.04. The molecule has 1 aliphatic rings. The average Bonchev–Trinajstić information content (AvgIpc) is 2.72. The molecule has 0 fully saturated rings. The minimum absolute atomic E-state index is 0.0487. The molecule has 1 N–H and O–H groups in total. The van der Waals surface area contributed by atoms with E-state index in [0.29, 0.717) is 29.4 Å². The summed E-state index contributed by atoms with van der Waals surface area (Å²) in [6.45, 7) is 4.76. The molecule has 28 heavy (non-hydrogen) atoms. The Morgan fingerprint density at radius 2 is 2.07 bits per heavy atom. The highest BCUT2D eigenvalue weighted by Gasteiger charge is 2.25. The molecule has 0 saturated heterocycles. The molecule has 3 rings (SSSR count). The number of fused-ring (bicyclic) bond motifs is 1. The lowest BCUT2D eigenvalue weighted by Gasteiger charge is -2.29. The third-order valence-corrected chi connectivity index (χ3v) is 4.60. The van der Waals surface area contributed by atoms with E-state index in [1.165, 1.54) is 0 Å². The van der Waals surface area contributed by atoms with E-state index in [1.54, 1.807) is 23.1 Å². The van der Waals surface area contributed by atoms with Crippen molar-refractivity contribution in [2.24, 2.45) is 0 Å². The van der Waals surface area contributed by atoms with Crippen molar-refractivity contribution in [3.63, 3.8) is 0 Å². The lowest BCUT2D eigenvalue weighted by Crippen LogP contribution is -2.39. The van der Waals surface area contributed by atoms with Crippen LogP contribution in [0.15, 0.2) is 42.5 Å². The topological polar surface area (TPSA) is 67.9 Å². The molecule has 0 aliphatic carbocycles. The number of benzene rings is 2. The second kappa shape index (κ2) is 9.26. The number of carbonyl (C=O) groups is 2. The van der Waals surface area contributed by atoms with Crippen molar-refractivity contribution in [2.75, 3.05) is 30.0 Å². The number of hydrogen-bond acceptors (Lipinski definition) is 4. The minimum atomic E-state index is -0.259. The third-order valence-electron chi connectivity index (χ3n) is 4.60. The van der Waals surface area contributed by atoms with Crippen LogP contribution < -0.4 is 19.7 Å². The summed E-state index contributed by atoms with van der Waals surface area (Å²) in [5.41, 5.74) is 2.46. The van der Waals surface area contributed by atoms with E-state index in [9.17, 15) is 9.59 Å². The molecule has 6 nitrogen and oxygen atoms in total. The van der Waals surface area contributed by atoms with Crippen molar-refractivity contribution >= 4 is 23.2 Å². The van der Waals surface area contributed by atoms with Crippen LogP contribution in [0, 0.1) is 0 Å². The number of hydrogen-bond donors (Lipinski definition) is 1. The smallest absolute Gasteiger partial charge is 0.265 e. The monoisotopic (exact) mass is 382 g/mol. The molecule has 6 heteroatoms. The number of aryl methyl sites for hydroxylation is 1. The molecular weight excluding hydrogens is 356 g/mol. The van der Waals surface area contributed by atoms with Gasteiger partial charge in [-0.2, -0.15) is 0 Å².